The van der Waals surface area contributed by atoms with Crippen molar-refractivity contribution in [2.24, 2.45) is 0 Å². The van der Waals surface area contributed by atoms with Crippen molar-refractivity contribution in [3.05, 3.63) is 69.8 Å². The van der Waals surface area contributed by atoms with Crippen LogP contribution in [0.1, 0.15) is 35.2 Å². The number of carbonyl (C=O) groups is 2. The molecule has 0 spiro atoms. The zero-order chi connectivity index (χ0) is 19.9. The molecule has 0 bridgehead atoms. The Morgan fingerprint density at radius 2 is 1.89 bits per heavy atom. The maximum Gasteiger partial charge on any atom is 0.282 e. The Kier molecular flexibility index (Phi) is 6.02. The van der Waals surface area contributed by atoms with Gasteiger partial charge in [0.2, 0.25) is 5.91 Å². The summed E-state index contributed by atoms with van der Waals surface area (Å²) in [7, 11) is 0. The molecule has 1 N–H and O–H groups in total. The summed E-state index contributed by atoms with van der Waals surface area (Å²) in [4.78, 5) is 36.2. The molecule has 1 aliphatic heterocycles. The Balaban J connectivity index is 1.58. The van der Waals surface area contributed by atoms with Crippen molar-refractivity contribution in [2.45, 2.75) is 19.3 Å². The highest BCUT2D eigenvalue weighted by atomic mass is 16.6. The first-order valence-electron chi connectivity index (χ1n) is 8.97. The van der Waals surface area contributed by atoms with Crippen molar-refractivity contribution < 1.29 is 14.5 Å². The fraction of sp³-hybridized carbons (Fsp3) is 0.238. The first-order chi connectivity index (χ1) is 13.6. The number of rotatable bonds is 4. The van der Waals surface area contributed by atoms with Gasteiger partial charge in [0.25, 0.3) is 11.6 Å². The summed E-state index contributed by atoms with van der Waals surface area (Å²) in [5, 5.41) is 13.5. The molecule has 2 aromatic carbocycles. The van der Waals surface area contributed by atoms with Gasteiger partial charge in [-0.05, 0) is 43.2 Å². The van der Waals surface area contributed by atoms with Crippen molar-refractivity contribution in [3.63, 3.8) is 0 Å². The summed E-state index contributed by atoms with van der Waals surface area (Å²) in [6.45, 7) is 0.804. The molecule has 7 nitrogen and oxygen atoms in total. The van der Waals surface area contributed by atoms with E-state index in [4.69, 9.17) is 0 Å². The molecule has 1 heterocycles. The number of para-hydroxylation sites is 1. The zero-order valence-electron chi connectivity index (χ0n) is 15.2. The van der Waals surface area contributed by atoms with E-state index < -0.39 is 10.8 Å². The highest BCUT2D eigenvalue weighted by molar-refractivity contribution is 5.98. The van der Waals surface area contributed by atoms with Crippen LogP contribution in [0.25, 0.3) is 0 Å². The molecule has 142 valence electrons. The predicted molar refractivity (Wildman–Crippen MR) is 105 cm³/mol. The van der Waals surface area contributed by atoms with Crippen molar-refractivity contribution in [1.29, 1.82) is 0 Å². The molecular formula is C21H19N3O4. The number of nitro groups is 1. The van der Waals surface area contributed by atoms with Crippen LogP contribution in [0.15, 0.2) is 48.5 Å². The molecule has 1 fully saturated rings. The molecule has 28 heavy (non-hydrogen) atoms. The summed E-state index contributed by atoms with van der Waals surface area (Å²) in [6.07, 6.45) is 2.53. The summed E-state index contributed by atoms with van der Waals surface area (Å²) < 4.78 is 0. The number of nitrogens with zero attached hydrogens (tertiary/aromatic N) is 2. The van der Waals surface area contributed by atoms with Crippen molar-refractivity contribution in [3.8, 4) is 11.8 Å². The van der Waals surface area contributed by atoms with Crippen molar-refractivity contribution >= 4 is 23.2 Å². The molecule has 1 aliphatic rings. The molecule has 0 radical (unpaired) electrons. The number of benzene rings is 2. The zero-order valence-corrected chi connectivity index (χ0v) is 15.2. The largest absolute Gasteiger partial charge is 0.341 e. The Labute approximate surface area is 162 Å². The Morgan fingerprint density at radius 3 is 2.61 bits per heavy atom. The molecule has 7 heteroatoms. The Bertz CT molecular complexity index is 958. The lowest BCUT2D eigenvalue weighted by atomic mass is 10.1. The summed E-state index contributed by atoms with van der Waals surface area (Å²) in [5.41, 5.74) is 1.38. The number of amides is 2. The number of piperidine rings is 1. The quantitative estimate of drug-likeness (QED) is 0.504. The molecular weight excluding hydrogens is 358 g/mol. The van der Waals surface area contributed by atoms with Crippen LogP contribution in [0.5, 0.6) is 0 Å². The molecule has 0 atom stereocenters. The van der Waals surface area contributed by atoms with Gasteiger partial charge in [-0.25, -0.2) is 0 Å². The minimum atomic E-state index is -0.588. The van der Waals surface area contributed by atoms with Gasteiger partial charge in [0.15, 0.2) is 0 Å². The van der Waals surface area contributed by atoms with Gasteiger partial charge in [-0.15, -0.1) is 0 Å². The third-order valence-electron chi connectivity index (χ3n) is 4.42. The van der Waals surface area contributed by atoms with Gasteiger partial charge in [-0.2, -0.15) is 0 Å². The Hall–Kier alpha value is -3.66. The summed E-state index contributed by atoms with van der Waals surface area (Å²) in [6, 6.07) is 13.1. The van der Waals surface area contributed by atoms with Crippen molar-refractivity contribution in [2.75, 3.05) is 18.0 Å². The van der Waals surface area contributed by atoms with Crippen LogP contribution in [0.3, 0.4) is 0 Å². The summed E-state index contributed by atoms with van der Waals surface area (Å²) in [5.74, 6) is 5.35. The average molecular weight is 377 g/mol. The highest BCUT2D eigenvalue weighted by Gasteiger charge is 2.19. The molecule has 0 saturated carbocycles. The molecule has 0 aromatic heterocycles. The third kappa shape index (κ3) is 4.54. The van der Waals surface area contributed by atoms with E-state index in [1.54, 1.807) is 11.0 Å². The standard InChI is InChI=1S/C21H19N3O4/c25-20-9-3-4-15-23(20)17-12-10-16(11-13-17)6-5-14-22-21(26)18-7-1-2-8-19(18)24(27)28/h1-2,7-8,10-13H,3-4,9,14-15H2,(H,22,26). The lowest BCUT2D eigenvalue weighted by molar-refractivity contribution is -0.385. The van der Waals surface area contributed by atoms with E-state index in [9.17, 15) is 19.7 Å². The first kappa shape index (κ1) is 19.1. The lowest BCUT2D eigenvalue weighted by Gasteiger charge is -2.26. The van der Waals surface area contributed by atoms with E-state index in [0.29, 0.717) is 6.42 Å². The number of anilines is 1. The second-order valence-corrected chi connectivity index (χ2v) is 6.31. The molecule has 0 unspecified atom stereocenters. The maximum absolute atomic E-state index is 12.1. The van der Waals surface area contributed by atoms with Gasteiger partial charge in [0, 0.05) is 30.3 Å². The van der Waals surface area contributed by atoms with E-state index in [1.807, 2.05) is 24.3 Å². The van der Waals surface area contributed by atoms with E-state index in [2.05, 4.69) is 17.2 Å². The van der Waals surface area contributed by atoms with Crippen LogP contribution >= 0.6 is 0 Å². The van der Waals surface area contributed by atoms with E-state index >= 15 is 0 Å². The van der Waals surface area contributed by atoms with Gasteiger partial charge in [-0.1, -0.05) is 24.0 Å². The molecule has 0 aliphatic carbocycles. The summed E-state index contributed by atoms with van der Waals surface area (Å²) >= 11 is 0. The molecule has 1 saturated heterocycles. The normalized spacial score (nSPS) is 13.4. The van der Waals surface area contributed by atoms with Gasteiger partial charge in [-0.3, -0.25) is 19.7 Å². The highest BCUT2D eigenvalue weighted by Crippen LogP contribution is 2.21. The van der Waals surface area contributed by atoms with Crippen LogP contribution in [0, 0.1) is 22.0 Å². The van der Waals surface area contributed by atoms with E-state index in [1.165, 1.54) is 18.2 Å². The second-order valence-electron chi connectivity index (χ2n) is 6.31. The van der Waals surface area contributed by atoms with Crippen LogP contribution in [0.4, 0.5) is 11.4 Å². The number of carbonyl (C=O) groups excluding carboxylic acids is 2. The second kappa shape index (κ2) is 8.82. The number of hydrogen-bond acceptors (Lipinski definition) is 4. The smallest absolute Gasteiger partial charge is 0.282 e. The SMILES string of the molecule is O=C(NCC#Cc1ccc(N2CCCCC2=O)cc1)c1ccccc1[N+](=O)[O-]. The average Bonchev–Trinajstić information content (AvgIpc) is 2.72. The third-order valence-corrected chi connectivity index (χ3v) is 4.42. The number of hydrogen-bond donors (Lipinski definition) is 1. The maximum atomic E-state index is 12.1. The van der Waals surface area contributed by atoms with Crippen LogP contribution in [-0.4, -0.2) is 29.8 Å². The van der Waals surface area contributed by atoms with Crippen LogP contribution in [0.2, 0.25) is 0 Å². The minimum absolute atomic E-state index is 0.00449. The molecule has 2 aromatic rings. The molecule has 3 rings (SSSR count). The van der Waals surface area contributed by atoms with Gasteiger partial charge in [0.05, 0.1) is 11.5 Å². The fourth-order valence-corrected chi connectivity index (χ4v) is 2.99. The molecule has 2 amide bonds. The fourth-order valence-electron chi connectivity index (χ4n) is 2.99. The first-order valence-corrected chi connectivity index (χ1v) is 8.97. The van der Waals surface area contributed by atoms with E-state index in [0.717, 1.165) is 30.6 Å². The number of nitrogens with one attached hydrogen (secondary N) is 1. The monoisotopic (exact) mass is 377 g/mol. The van der Waals surface area contributed by atoms with Gasteiger partial charge >= 0.3 is 0 Å². The lowest BCUT2D eigenvalue weighted by Crippen LogP contribution is -2.35. The van der Waals surface area contributed by atoms with Gasteiger partial charge in [0.1, 0.15) is 5.56 Å². The van der Waals surface area contributed by atoms with Crippen LogP contribution in [-0.2, 0) is 4.79 Å². The van der Waals surface area contributed by atoms with Crippen LogP contribution < -0.4 is 10.2 Å². The topological polar surface area (TPSA) is 92.6 Å². The number of nitro benzene ring substituents is 1. The Morgan fingerprint density at radius 1 is 1.14 bits per heavy atom. The van der Waals surface area contributed by atoms with E-state index in [-0.39, 0.29) is 23.7 Å². The van der Waals surface area contributed by atoms with Crippen molar-refractivity contribution in [1.82, 2.24) is 5.32 Å². The van der Waals surface area contributed by atoms with Gasteiger partial charge < -0.3 is 10.2 Å². The minimum Gasteiger partial charge on any atom is -0.341 e. The predicted octanol–water partition coefficient (Wildman–Crippen LogP) is 2.89.